The number of carbonyl (C=O) groups excluding carboxylic acids is 1. The van der Waals surface area contributed by atoms with E-state index in [9.17, 15) is 4.79 Å². The normalized spacial score (nSPS) is 16.8. The monoisotopic (exact) mass is 236 g/mol. The van der Waals surface area contributed by atoms with E-state index in [-0.39, 0.29) is 11.8 Å². The van der Waals surface area contributed by atoms with Gasteiger partial charge in [0, 0.05) is 19.0 Å². The van der Waals surface area contributed by atoms with Crippen LogP contribution < -0.4 is 5.32 Å². The number of nitrogens with zero attached hydrogens (tertiary/aromatic N) is 1. The Hall–Kier alpha value is -1.09. The molecule has 1 heterocycles. The van der Waals surface area contributed by atoms with Gasteiger partial charge in [0.05, 0.1) is 0 Å². The predicted octanol–water partition coefficient (Wildman–Crippen LogP) is 1.97. The van der Waals surface area contributed by atoms with Crippen molar-refractivity contribution in [2.24, 2.45) is 5.92 Å². The molecule has 0 aromatic carbocycles. The second-order valence-electron chi connectivity index (χ2n) is 4.68. The number of allylic oxidation sites excluding steroid dienone is 2. The topological polar surface area (TPSA) is 32.3 Å². The Morgan fingerprint density at radius 1 is 1.35 bits per heavy atom. The lowest BCUT2D eigenvalue weighted by Gasteiger charge is -2.33. The van der Waals surface area contributed by atoms with Crippen molar-refractivity contribution >= 4 is 5.91 Å². The molecule has 3 nitrogen and oxygen atoms in total. The first-order valence-corrected chi connectivity index (χ1v) is 6.39. The van der Waals surface area contributed by atoms with E-state index in [1.165, 1.54) is 0 Å². The molecule has 17 heavy (non-hydrogen) atoms. The molecule has 0 bridgehead atoms. The molecule has 0 spiro atoms. The summed E-state index contributed by atoms with van der Waals surface area (Å²) < 4.78 is 0. The van der Waals surface area contributed by atoms with E-state index >= 15 is 0 Å². The first-order valence-electron chi connectivity index (χ1n) is 6.39. The number of rotatable bonds is 6. The summed E-state index contributed by atoms with van der Waals surface area (Å²) >= 11 is 0. The Kier molecular flexibility index (Phi) is 5.98. The van der Waals surface area contributed by atoms with Crippen molar-refractivity contribution in [2.45, 2.75) is 31.7 Å². The summed E-state index contributed by atoms with van der Waals surface area (Å²) in [5.41, 5.74) is 0. The lowest BCUT2D eigenvalue weighted by molar-refractivity contribution is -0.136. The van der Waals surface area contributed by atoms with Crippen molar-refractivity contribution in [1.29, 1.82) is 0 Å². The predicted molar refractivity (Wildman–Crippen MR) is 71.8 cm³/mol. The van der Waals surface area contributed by atoms with E-state index in [1.54, 1.807) is 0 Å². The highest BCUT2D eigenvalue weighted by Gasteiger charge is 2.26. The van der Waals surface area contributed by atoms with Gasteiger partial charge in [0.15, 0.2) is 0 Å². The van der Waals surface area contributed by atoms with Gasteiger partial charge < -0.3 is 10.2 Å². The molecule has 1 rings (SSSR count). The number of hydrogen-bond donors (Lipinski definition) is 1. The molecule has 0 unspecified atom stereocenters. The van der Waals surface area contributed by atoms with Crippen LogP contribution in [0.15, 0.2) is 25.3 Å². The minimum atomic E-state index is 0.0184. The third-order valence-electron chi connectivity index (χ3n) is 3.46. The molecule has 0 aromatic rings. The minimum Gasteiger partial charge on any atom is -0.342 e. The van der Waals surface area contributed by atoms with E-state index in [0.717, 1.165) is 38.8 Å². The Morgan fingerprint density at radius 2 is 1.88 bits per heavy atom. The first-order chi connectivity index (χ1) is 8.20. The maximum absolute atomic E-state index is 12.3. The maximum atomic E-state index is 12.3. The van der Waals surface area contributed by atoms with Crippen molar-refractivity contribution in [2.75, 3.05) is 20.1 Å². The molecule has 1 saturated heterocycles. The molecule has 1 fully saturated rings. The third kappa shape index (κ3) is 4.00. The van der Waals surface area contributed by atoms with Gasteiger partial charge in [-0.3, -0.25) is 4.79 Å². The van der Waals surface area contributed by atoms with Gasteiger partial charge in [-0.25, -0.2) is 0 Å². The van der Waals surface area contributed by atoms with E-state index in [1.807, 2.05) is 24.1 Å². The van der Waals surface area contributed by atoms with E-state index in [4.69, 9.17) is 0 Å². The van der Waals surface area contributed by atoms with E-state index in [2.05, 4.69) is 18.5 Å². The van der Waals surface area contributed by atoms with Gasteiger partial charge in [0.2, 0.25) is 5.91 Å². The summed E-state index contributed by atoms with van der Waals surface area (Å²) in [6.45, 7) is 9.46. The standard InChI is InChI=1S/C14H24N2O/c1-4-6-12(7-5-2)14(17)16(3)13-8-10-15-11-9-13/h4-5,12-13,15H,1-2,6-11H2,3H3. The van der Waals surface area contributed by atoms with Crippen LogP contribution in [0.2, 0.25) is 0 Å². The van der Waals surface area contributed by atoms with Gasteiger partial charge in [-0.1, -0.05) is 12.2 Å². The quantitative estimate of drug-likeness (QED) is 0.715. The van der Waals surface area contributed by atoms with Crippen molar-refractivity contribution in [3.8, 4) is 0 Å². The zero-order valence-electron chi connectivity index (χ0n) is 10.8. The maximum Gasteiger partial charge on any atom is 0.226 e. The molecule has 1 aliphatic rings. The SMILES string of the molecule is C=CCC(CC=C)C(=O)N(C)C1CCNCC1. The highest BCUT2D eigenvalue weighted by Crippen LogP contribution is 2.18. The minimum absolute atomic E-state index is 0.0184. The molecular formula is C14H24N2O. The Bertz CT molecular complexity index is 259. The van der Waals surface area contributed by atoms with Crippen molar-refractivity contribution in [3.63, 3.8) is 0 Å². The Labute approximate surface area is 105 Å². The van der Waals surface area contributed by atoms with Crippen LogP contribution in [0.4, 0.5) is 0 Å². The van der Waals surface area contributed by atoms with Gasteiger partial charge >= 0.3 is 0 Å². The molecular weight excluding hydrogens is 212 g/mol. The summed E-state index contributed by atoms with van der Waals surface area (Å²) in [5, 5.41) is 3.32. The van der Waals surface area contributed by atoms with Gasteiger partial charge in [-0.2, -0.15) is 0 Å². The number of hydrogen-bond acceptors (Lipinski definition) is 2. The molecule has 0 aliphatic carbocycles. The number of piperidine rings is 1. The lowest BCUT2D eigenvalue weighted by Crippen LogP contribution is -2.46. The largest absolute Gasteiger partial charge is 0.342 e. The van der Waals surface area contributed by atoms with Crippen molar-refractivity contribution in [1.82, 2.24) is 10.2 Å². The third-order valence-corrected chi connectivity index (χ3v) is 3.46. The summed E-state index contributed by atoms with van der Waals surface area (Å²) in [5.74, 6) is 0.251. The number of amides is 1. The summed E-state index contributed by atoms with van der Waals surface area (Å²) in [6, 6.07) is 0.390. The van der Waals surface area contributed by atoms with Crippen LogP contribution >= 0.6 is 0 Å². The second kappa shape index (κ2) is 7.28. The summed E-state index contributed by atoms with van der Waals surface area (Å²) in [4.78, 5) is 14.3. The average Bonchev–Trinajstić information content (AvgIpc) is 2.38. The first kappa shape index (κ1) is 14.0. The average molecular weight is 236 g/mol. The van der Waals surface area contributed by atoms with Crippen LogP contribution in [-0.4, -0.2) is 37.0 Å². The van der Waals surface area contributed by atoms with Crippen molar-refractivity contribution < 1.29 is 4.79 Å². The summed E-state index contributed by atoms with van der Waals surface area (Å²) in [6.07, 6.45) is 7.22. The van der Waals surface area contributed by atoms with Crippen molar-refractivity contribution in [3.05, 3.63) is 25.3 Å². The van der Waals surface area contributed by atoms with Crippen LogP contribution in [0.1, 0.15) is 25.7 Å². The van der Waals surface area contributed by atoms with Gasteiger partial charge in [0.25, 0.3) is 0 Å². The Balaban J connectivity index is 2.57. The molecule has 0 radical (unpaired) electrons. The fourth-order valence-corrected chi connectivity index (χ4v) is 2.36. The van der Waals surface area contributed by atoms with Gasteiger partial charge in [-0.05, 0) is 38.8 Å². The zero-order chi connectivity index (χ0) is 12.7. The van der Waals surface area contributed by atoms with Gasteiger partial charge in [0.1, 0.15) is 0 Å². The molecule has 0 atom stereocenters. The van der Waals surface area contributed by atoms with Crippen LogP contribution in [0.25, 0.3) is 0 Å². The fraction of sp³-hybridized carbons (Fsp3) is 0.643. The second-order valence-corrected chi connectivity index (χ2v) is 4.68. The molecule has 1 N–H and O–H groups in total. The molecule has 0 saturated carbocycles. The number of carbonyl (C=O) groups is 1. The molecule has 96 valence electrons. The molecule has 1 aliphatic heterocycles. The fourth-order valence-electron chi connectivity index (χ4n) is 2.36. The lowest BCUT2D eigenvalue weighted by atomic mass is 9.97. The van der Waals surface area contributed by atoms with Gasteiger partial charge in [-0.15, -0.1) is 13.2 Å². The molecule has 0 aromatic heterocycles. The molecule has 1 amide bonds. The highest BCUT2D eigenvalue weighted by molar-refractivity contribution is 5.79. The van der Waals surface area contributed by atoms with Crippen LogP contribution in [0.5, 0.6) is 0 Å². The van der Waals surface area contributed by atoms with E-state index < -0.39 is 0 Å². The smallest absolute Gasteiger partial charge is 0.226 e. The van der Waals surface area contributed by atoms with Crippen LogP contribution in [-0.2, 0) is 4.79 Å². The van der Waals surface area contributed by atoms with Crippen LogP contribution in [0.3, 0.4) is 0 Å². The zero-order valence-corrected chi connectivity index (χ0v) is 10.8. The Morgan fingerprint density at radius 3 is 2.35 bits per heavy atom. The highest BCUT2D eigenvalue weighted by atomic mass is 16.2. The molecule has 3 heteroatoms. The summed E-state index contributed by atoms with van der Waals surface area (Å²) in [7, 11) is 1.93. The number of nitrogens with one attached hydrogen (secondary N) is 1. The van der Waals surface area contributed by atoms with E-state index in [0.29, 0.717) is 6.04 Å². The van der Waals surface area contributed by atoms with Crippen LogP contribution in [0, 0.1) is 5.92 Å².